The van der Waals surface area contributed by atoms with E-state index >= 15 is 0 Å². The number of rotatable bonds is 0. The Labute approximate surface area is 54.8 Å². The summed E-state index contributed by atoms with van der Waals surface area (Å²) in [6, 6.07) is 0. The number of hydrogen-bond donors (Lipinski definition) is 1. The molecule has 3 nitrogen and oxygen atoms in total. The van der Waals surface area contributed by atoms with Crippen molar-refractivity contribution >= 4 is 0 Å². The Morgan fingerprint density at radius 3 is 2.78 bits per heavy atom. The molecule has 2 N–H and O–H groups in total. The van der Waals surface area contributed by atoms with Gasteiger partial charge in [-0.25, -0.2) is 0 Å². The average Bonchev–Trinajstić information content (AvgIpc) is 1.94. The first-order chi connectivity index (χ1) is 4.21. The maximum atomic E-state index is 5.93. The van der Waals surface area contributed by atoms with Crippen molar-refractivity contribution in [1.82, 2.24) is 4.90 Å². The SMILES string of the molecule is CN1CC2OC[C@]2(N)C1. The molecule has 0 aromatic heterocycles. The standard InChI is InChI=1S/C6H12N2O/c1-8-2-5-6(7,3-8)4-9-5/h5H,2-4,7H2,1H3/t5?,6-/m1/s1. The molecule has 2 atom stereocenters. The minimum atomic E-state index is 0.00868. The summed E-state index contributed by atoms with van der Waals surface area (Å²) in [5.74, 6) is 0. The fourth-order valence-corrected chi connectivity index (χ4v) is 1.65. The second-order valence-electron chi connectivity index (χ2n) is 3.23. The van der Waals surface area contributed by atoms with E-state index in [1.54, 1.807) is 0 Å². The van der Waals surface area contributed by atoms with Gasteiger partial charge in [0.25, 0.3) is 0 Å². The number of hydrogen-bond acceptors (Lipinski definition) is 3. The topological polar surface area (TPSA) is 38.5 Å². The molecule has 2 aliphatic heterocycles. The molecule has 2 aliphatic rings. The number of fused-ring (bicyclic) bond motifs is 1. The van der Waals surface area contributed by atoms with Crippen molar-refractivity contribution in [2.75, 3.05) is 26.7 Å². The van der Waals surface area contributed by atoms with Gasteiger partial charge in [-0.1, -0.05) is 0 Å². The molecule has 2 rings (SSSR count). The van der Waals surface area contributed by atoms with Gasteiger partial charge in [-0.3, -0.25) is 0 Å². The van der Waals surface area contributed by atoms with Crippen LogP contribution in [0, 0.1) is 0 Å². The lowest BCUT2D eigenvalue weighted by Gasteiger charge is -2.40. The van der Waals surface area contributed by atoms with Crippen LogP contribution in [0.5, 0.6) is 0 Å². The molecule has 9 heavy (non-hydrogen) atoms. The fraction of sp³-hybridized carbons (Fsp3) is 1.00. The minimum Gasteiger partial charge on any atom is -0.373 e. The van der Waals surface area contributed by atoms with Gasteiger partial charge in [0.1, 0.15) is 0 Å². The number of likely N-dealkylation sites (tertiary alicyclic amines) is 1. The van der Waals surface area contributed by atoms with Gasteiger partial charge in [-0.2, -0.15) is 0 Å². The summed E-state index contributed by atoms with van der Waals surface area (Å²) in [7, 11) is 2.08. The summed E-state index contributed by atoms with van der Waals surface area (Å²) in [4.78, 5) is 2.22. The molecule has 0 aromatic rings. The third-order valence-electron chi connectivity index (χ3n) is 2.24. The minimum absolute atomic E-state index is 0.00868. The summed E-state index contributed by atoms with van der Waals surface area (Å²) in [5.41, 5.74) is 5.94. The van der Waals surface area contributed by atoms with Crippen molar-refractivity contribution in [2.45, 2.75) is 11.6 Å². The number of ether oxygens (including phenoxy) is 1. The molecule has 1 unspecified atom stereocenters. The van der Waals surface area contributed by atoms with Crippen molar-refractivity contribution in [3.8, 4) is 0 Å². The second-order valence-corrected chi connectivity index (χ2v) is 3.23. The van der Waals surface area contributed by atoms with E-state index in [0.29, 0.717) is 6.10 Å². The highest BCUT2D eigenvalue weighted by Crippen LogP contribution is 2.29. The Kier molecular flexibility index (Phi) is 0.928. The number of likely N-dealkylation sites (N-methyl/N-ethyl adjacent to an activating group) is 1. The zero-order chi connectivity index (χ0) is 6.48. The predicted molar refractivity (Wildman–Crippen MR) is 34.2 cm³/mol. The van der Waals surface area contributed by atoms with Crippen LogP contribution in [-0.4, -0.2) is 43.3 Å². The molecule has 0 amide bonds. The van der Waals surface area contributed by atoms with Gasteiger partial charge in [0.2, 0.25) is 0 Å². The largest absolute Gasteiger partial charge is 0.373 e. The van der Waals surface area contributed by atoms with Crippen molar-refractivity contribution < 1.29 is 4.74 Å². The Bertz CT molecular complexity index is 139. The highest BCUT2D eigenvalue weighted by molar-refractivity contribution is 5.07. The normalized spacial score (nSPS) is 50.7. The van der Waals surface area contributed by atoms with Crippen LogP contribution in [-0.2, 0) is 4.74 Å². The third kappa shape index (κ3) is 0.625. The molecule has 2 saturated heterocycles. The summed E-state index contributed by atoms with van der Waals surface area (Å²) < 4.78 is 5.26. The summed E-state index contributed by atoms with van der Waals surface area (Å²) in [6.07, 6.45) is 0.322. The Balaban J connectivity index is 2.12. The molecule has 0 spiro atoms. The van der Waals surface area contributed by atoms with E-state index in [2.05, 4.69) is 11.9 Å². The summed E-state index contributed by atoms with van der Waals surface area (Å²) >= 11 is 0. The van der Waals surface area contributed by atoms with E-state index in [0.717, 1.165) is 19.7 Å². The van der Waals surface area contributed by atoms with Gasteiger partial charge in [0.15, 0.2) is 0 Å². The maximum Gasteiger partial charge on any atom is 0.0917 e. The monoisotopic (exact) mass is 128 g/mol. The third-order valence-corrected chi connectivity index (χ3v) is 2.24. The van der Waals surface area contributed by atoms with Crippen LogP contribution in [0.4, 0.5) is 0 Å². The zero-order valence-electron chi connectivity index (χ0n) is 5.63. The highest BCUT2D eigenvalue weighted by Gasteiger charge is 2.50. The molecule has 2 heterocycles. The molecule has 3 heteroatoms. The molecule has 0 aliphatic carbocycles. The van der Waals surface area contributed by atoms with Gasteiger partial charge in [0, 0.05) is 13.1 Å². The van der Waals surface area contributed by atoms with E-state index in [4.69, 9.17) is 10.5 Å². The quantitative estimate of drug-likeness (QED) is 0.456. The van der Waals surface area contributed by atoms with Gasteiger partial charge >= 0.3 is 0 Å². The van der Waals surface area contributed by atoms with E-state index in [9.17, 15) is 0 Å². The van der Waals surface area contributed by atoms with Crippen LogP contribution < -0.4 is 5.73 Å². The lowest BCUT2D eigenvalue weighted by molar-refractivity contribution is -0.101. The summed E-state index contributed by atoms with van der Waals surface area (Å²) in [5, 5.41) is 0. The number of nitrogens with zero attached hydrogens (tertiary/aromatic N) is 1. The van der Waals surface area contributed by atoms with Crippen LogP contribution in [0.15, 0.2) is 0 Å². The zero-order valence-corrected chi connectivity index (χ0v) is 5.63. The van der Waals surface area contributed by atoms with Crippen molar-refractivity contribution in [2.24, 2.45) is 5.73 Å². The maximum absolute atomic E-state index is 5.93. The van der Waals surface area contributed by atoms with E-state index in [-0.39, 0.29) is 5.54 Å². The first-order valence-electron chi connectivity index (χ1n) is 3.30. The molecule has 52 valence electrons. The molecule has 0 saturated carbocycles. The fourth-order valence-electron chi connectivity index (χ4n) is 1.65. The van der Waals surface area contributed by atoms with Crippen LogP contribution in [0.1, 0.15) is 0 Å². The Morgan fingerprint density at radius 1 is 1.78 bits per heavy atom. The van der Waals surface area contributed by atoms with Crippen molar-refractivity contribution in [3.05, 3.63) is 0 Å². The van der Waals surface area contributed by atoms with E-state index in [1.807, 2.05) is 0 Å². The van der Waals surface area contributed by atoms with Gasteiger partial charge < -0.3 is 15.4 Å². The Hall–Kier alpha value is -0.120. The van der Waals surface area contributed by atoms with E-state index in [1.165, 1.54) is 0 Å². The molecular weight excluding hydrogens is 116 g/mol. The van der Waals surface area contributed by atoms with Gasteiger partial charge in [-0.05, 0) is 7.05 Å². The molecule has 0 radical (unpaired) electrons. The van der Waals surface area contributed by atoms with Crippen LogP contribution >= 0.6 is 0 Å². The second kappa shape index (κ2) is 1.48. The molecule has 2 fully saturated rings. The summed E-state index contributed by atoms with van der Waals surface area (Å²) in [6.45, 7) is 2.76. The number of nitrogens with two attached hydrogens (primary N) is 1. The smallest absolute Gasteiger partial charge is 0.0917 e. The van der Waals surface area contributed by atoms with Gasteiger partial charge in [0.05, 0.1) is 18.2 Å². The van der Waals surface area contributed by atoms with Crippen LogP contribution in [0.3, 0.4) is 0 Å². The lowest BCUT2D eigenvalue weighted by Crippen LogP contribution is -2.64. The molecule has 0 bridgehead atoms. The highest BCUT2D eigenvalue weighted by atomic mass is 16.5. The Morgan fingerprint density at radius 2 is 2.56 bits per heavy atom. The average molecular weight is 128 g/mol. The van der Waals surface area contributed by atoms with Crippen LogP contribution in [0.2, 0.25) is 0 Å². The van der Waals surface area contributed by atoms with Crippen LogP contribution in [0.25, 0.3) is 0 Å². The van der Waals surface area contributed by atoms with E-state index < -0.39 is 0 Å². The predicted octanol–water partition coefficient (Wildman–Crippen LogP) is -0.972. The van der Waals surface area contributed by atoms with Crippen molar-refractivity contribution in [1.29, 1.82) is 0 Å². The van der Waals surface area contributed by atoms with Crippen molar-refractivity contribution in [3.63, 3.8) is 0 Å². The lowest BCUT2D eigenvalue weighted by atomic mass is 9.93. The first kappa shape index (κ1) is 5.65. The molecule has 0 aromatic carbocycles. The first-order valence-corrected chi connectivity index (χ1v) is 3.30. The molecular formula is C6H12N2O. The van der Waals surface area contributed by atoms with Gasteiger partial charge in [-0.15, -0.1) is 0 Å².